The van der Waals surface area contributed by atoms with Crippen molar-refractivity contribution in [3.63, 3.8) is 0 Å². The molecule has 2 aromatic heterocycles. The van der Waals surface area contributed by atoms with Crippen molar-refractivity contribution in [1.82, 2.24) is 29.9 Å². The highest BCUT2D eigenvalue weighted by molar-refractivity contribution is 5.83. The Balaban J connectivity index is 1.25. The molecule has 0 aliphatic carbocycles. The first-order valence-electron chi connectivity index (χ1n) is 11.0. The molecule has 0 saturated carbocycles. The number of anilines is 1. The minimum absolute atomic E-state index is 0.0138. The van der Waals surface area contributed by atoms with Gasteiger partial charge in [-0.3, -0.25) is 4.79 Å². The number of hydrogen-bond donors (Lipinski definition) is 0. The van der Waals surface area contributed by atoms with Crippen molar-refractivity contribution in [2.75, 3.05) is 31.1 Å². The Hall–Kier alpha value is -4.01. The van der Waals surface area contributed by atoms with Crippen LogP contribution in [0.1, 0.15) is 12.5 Å². The highest BCUT2D eigenvalue weighted by atomic mass is 16.5. The van der Waals surface area contributed by atoms with Gasteiger partial charge in [-0.25, -0.2) is 14.6 Å². The third-order valence-electron chi connectivity index (χ3n) is 5.75. The molecule has 9 heteroatoms. The Kier molecular flexibility index (Phi) is 5.84. The Morgan fingerprint density at radius 2 is 1.67 bits per heavy atom. The maximum atomic E-state index is 12.9. The van der Waals surface area contributed by atoms with E-state index < -0.39 is 6.10 Å². The van der Waals surface area contributed by atoms with E-state index in [-0.39, 0.29) is 5.91 Å². The second-order valence-corrected chi connectivity index (χ2v) is 7.99. The van der Waals surface area contributed by atoms with Crippen LogP contribution in [0.3, 0.4) is 0 Å². The van der Waals surface area contributed by atoms with Crippen LogP contribution < -0.4 is 9.64 Å². The number of amides is 1. The molecule has 9 nitrogen and oxygen atoms in total. The molecule has 4 aromatic rings. The number of piperazine rings is 1. The number of carbonyl (C=O) groups excluding carboxylic acids is 1. The Bertz CT molecular complexity index is 1220. The van der Waals surface area contributed by atoms with Crippen molar-refractivity contribution in [2.24, 2.45) is 0 Å². The number of fused-ring (bicyclic) bond motifs is 1. The van der Waals surface area contributed by atoms with Gasteiger partial charge in [-0.05, 0) is 24.6 Å². The SMILES string of the molecule is CC(Oc1ccccc1)C(=O)N1CCN(c2ncnc3c2nnn3Cc2ccccc2)CC1. The molecule has 5 rings (SSSR count). The predicted octanol–water partition coefficient (Wildman–Crippen LogP) is 2.39. The Morgan fingerprint density at radius 3 is 2.39 bits per heavy atom. The van der Waals surface area contributed by atoms with Crippen LogP contribution in [0.2, 0.25) is 0 Å². The fourth-order valence-electron chi connectivity index (χ4n) is 4.02. The first-order chi connectivity index (χ1) is 16.2. The quantitative estimate of drug-likeness (QED) is 0.452. The van der Waals surface area contributed by atoms with Crippen LogP contribution in [0.15, 0.2) is 67.0 Å². The van der Waals surface area contributed by atoms with Crippen molar-refractivity contribution in [3.05, 3.63) is 72.6 Å². The molecule has 1 amide bonds. The lowest BCUT2D eigenvalue weighted by atomic mass is 10.2. The van der Waals surface area contributed by atoms with Gasteiger partial charge in [0.05, 0.1) is 6.54 Å². The molecule has 0 N–H and O–H groups in total. The smallest absolute Gasteiger partial charge is 0.263 e. The summed E-state index contributed by atoms with van der Waals surface area (Å²) in [6.45, 7) is 4.87. The summed E-state index contributed by atoms with van der Waals surface area (Å²) in [5.41, 5.74) is 2.50. The number of rotatable bonds is 6. The van der Waals surface area contributed by atoms with Crippen molar-refractivity contribution in [2.45, 2.75) is 19.6 Å². The van der Waals surface area contributed by atoms with Gasteiger partial charge in [0.25, 0.3) is 5.91 Å². The Morgan fingerprint density at radius 1 is 0.970 bits per heavy atom. The number of ether oxygens (including phenoxy) is 1. The summed E-state index contributed by atoms with van der Waals surface area (Å²) in [6.07, 6.45) is 1.01. The van der Waals surface area contributed by atoms with Crippen LogP contribution in [0.5, 0.6) is 5.75 Å². The van der Waals surface area contributed by atoms with Crippen molar-refractivity contribution >= 4 is 22.9 Å². The fourth-order valence-corrected chi connectivity index (χ4v) is 4.02. The van der Waals surface area contributed by atoms with Crippen LogP contribution >= 0.6 is 0 Å². The number of aromatic nitrogens is 5. The second kappa shape index (κ2) is 9.23. The van der Waals surface area contributed by atoms with E-state index in [2.05, 4.69) is 25.2 Å². The molecule has 0 radical (unpaired) electrons. The lowest BCUT2D eigenvalue weighted by Crippen LogP contribution is -2.52. The summed E-state index contributed by atoms with van der Waals surface area (Å²) in [4.78, 5) is 25.7. The average Bonchev–Trinajstić information content (AvgIpc) is 3.28. The highest BCUT2D eigenvalue weighted by Crippen LogP contribution is 2.23. The van der Waals surface area contributed by atoms with Gasteiger partial charge in [0, 0.05) is 26.2 Å². The van der Waals surface area contributed by atoms with Crippen LogP contribution in [-0.2, 0) is 11.3 Å². The normalized spacial score (nSPS) is 14.9. The third kappa shape index (κ3) is 4.48. The molecule has 0 spiro atoms. The molecule has 0 bridgehead atoms. The van der Waals surface area contributed by atoms with Gasteiger partial charge in [0.1, 0.15) is 12.1 Å². The first-order valence-corrected chi connectivity index (χ1v) is 11.0. The van der Waals surface area contributed by atoms with Gasteiger partial charge in [0.15, 0.2) is 23.1 Å². The van der Waals surface area contributed by atoms with E-state index in [0.29, 0.717) is 49.6 Å². The largest absolute Gasteiger partial charge is 0.481 e. The highest BCUT2D eigenvalue weighted by Gasteiger charge is 2.28. The summed E-state index contributed by atoms with van der Waals surface area (Å²) < 4.78 is 7.59. The summed E-state index contributed by atoms with van der Waals surface area (Å²) in [5, 5.41) is 8.67. The first kappa shape index (κ1) is 20.9. The maximum absolute atomic E-state index is 12.9. The number of para-hydroxylation sites is 1. The standard InChI is InChI=1S/C24H25N7O2/c1-18(33-20-10-6-3-7-11-20)24(32)30-14-12-29(13-15-30)22-21-23(26-17-25-22)31(28-27-21)16-19-8-4-2-5-9-19/h2-11,17-18H,12-16H2,1H3. The third-order valence-corrected chi connectivity index (χ3v) is 5.75. The van der Waals surface area contributed by atoms with Gasteiger partial charge in [-0.15, -0.1) is 5.10 Å². The van der Waals surface area contributed by atoms with Gasteiger partial charge >= 0.3 is 0 Å². The lowest BCUT2D eigenvalue weighted by molar-refractivity contribution is -0.138. The molecule has 2 aromatic carbocycles. The van der Waals surface area contributed by atoms with E-state index in [0.717, 1.165) is 11.4 Å². The molecule has 33 heavy (non-hydrogen) atoms. The van der Waals surface area contributed by atoms with Crippen molar-refractivity contribution < 1.29 is 9.53 Å². The average molecular weight is 444 g/mol. The van der Waals surface area contributed by atoms with Crippen LogP contribution in [0, 0.1) is 0 Å². The van der Waals surface area contributed by atoms with E-state index in [1.807, 2.05) is 65.6 Å². The summed E-state index contributed by atoms with van der Waals surface area (Å²) >= 11 is 0. The van der Waals surface area contributed by atoms with Crippen LogP contribution in [0.25, 0.3) is 11.2 Å². The zero-order chi connectivity index (χ0) is 22.6. The van der Waals surface area contributed by atoms with Crippen molar-refractivity contribution in [3.8, 4) is 5.75 Å². The van der Waals surface area contributed by atoms with Crippen molar-refractivity contribution in [1.29, 1.82) is 0 Å². The molecular formula is C24H25N7O2. The molecule has 168 valence electrons. The van der Waals surface area contributed by atoms with Gasteiger partial charge in [-0.2, -0.15) is 0 Å². The molecular weight excluding hydrogens is 418 g/mol. The molecule has 3 heterocycles. The topological polar surface area (TPSA) is 89.3 Å². The van der Waals surface area contributed by atoms with E-state index in [1.165, 1.54) is 0 Å². The van der Waals surface area contributed by atoms with Gasteiger partial charge in [-0.1, -0.05) is 53.7 Å². The Labute approximate surface area is 191 Å². The molecule has 1 unspecified atom stereocenters. The monoisotopic (exact) mass is 443 g/mol. The van der Waals surface area contributed by atoms with E-state index in [9.17, 15) is 4.79 Å². The summed E-state index contributed by atoms with van der Waals surface area (Å²) in [6, 6.07) is 19.5. The molecule has 1 aliphatic rings. The minimum Gasteiger partial charge on any atom is -0.481 e. The van der Waals surface area contributed by atoms with Gasteiger partial charge in [0.2, 0.25) is 0 Å². The molecule has 1 saturated heterocycles. The zero-order valence-electron chi connectivity index (χ0n) is 18.4. The number of hydrogen-bond acceptors (Lipinski definition) is 7. The van der Waals surface area contributed by atoms with E-state index in [1.54, 1.807) is 17.9 Å². The maximum Gasteiger partial charge on any atom is 0.263 e. The number of nitrogens with zero attached hydrogens (tertiary/aromatic N) is 7. The fraction of sp³-hybridized carbons (Fsp3) is 0.292. The zero-order valence-corrected chi connectivity index (χ0v) is 18.4. The minimum atomic E-state index is -0.539. The lowest BCUT2D eigenvalue weighted by Gasteiger charge is -2.36. The second-order valence-electron chi connectivity index (χ2n) is 7.99. The molecule has 1 atom stereocenters. The van der Waals surface area contributed by atoms with E-state index >= 15 is 0 Å². The molecule has 1 aliphatic heterocycles. The summed E-state index contributed by atoms with van der Waals surface area (Å²) in [5.74, 6) is 1.43. The number of benzene rings is 2. The van der Waals surface area contributed by atoms with E-state index in [4.69, 9.17) is 4.74 Å². The van der Waals surface area contributed by atoms with Crippen LogP contribution in [-0.4, -0.2) is 68.1 Å². The van der Waals surface area contributed by atoms with Crippen LogP contribution in [0.4, 0.5) is 5.82 Å². The summed E-state index contributed by atoms with van der Waals surface area (Å²) in [7, 11) is 0. The van der Waals surface area contributed by atoms with Gasteiger partial charge < -0.3 is 14.5 Å². The number of carbonyl (C=O) groups is 1. The predicted molar refractivity (Wildman–Crippen MR) is 124 cm³/mol. The molecule has 1 fully saturated rings.